The predicted octanol–water partition coefficient (Wildman–Crippen LogP) is 2.62. The topological polar surface area (TPSA) is 61.4 Å². The number of phenolic OH excluding ortho intramolecular Hbond substituents is 1. The molecular weight excluding hydrogens is 283 g/mol. The first kappa shape index (κ1) is 15.8. The summed E-state index contributed by atoms with van der Waals surface area (Å²) in [6.07, 6.45) is 1.31. The lowest BCUT2D eigenvalue weighted by Gasteiger charge is -2.08. The summed E-state index contributed by atoms with van der Waals surface area (Å²) in [6.45, 7) is 0.982. The lowest BCUT2D eigenvalue weighted by Crippen LogP contribution is -2.37. The van der Waals surface area contributed by atoms with Crippen molar-refractivity contribution in [2.75, 3.05) is 13.1 Å². The largest absolute Gasteiger partial charge is 0.508 e. The van der Waals surface area contributed by atoms with Crippen LogP contribution in [-0.2, 0) is 12.8 Å². The Morgan fingerprint density at radius 2 is 1.59 bits per heavy atom. The molecule has 0 aliphatic rings. The Hall–Kier alpha value is -2.56. The van der Waals surface area contributed by atoms with E-state index in [1.54, 1.807) is 30.3 Å². The van der Waals surface area contributed by atoms with Gasteiger partial charge in [-0.05, 0) is 48.2 Å². The highest BCUT2D eigenvalue weighted by Crippen LogP contribution is 2.10. The summed E-state index contributed by atoms with van der Waals surface area (Å²) in [6, 6.07) is 12.9. The number of urea groups is 1. The number of hydrogen-bond acceptors (Lipinski definition) is 2. The monoisotopic (exact) mass is 302 g/mol. The maximum Gasteiger partial charge on any atom is 0.314 e. The highest BCUT2D eigenvalue weighted by Gasteiger charge is 2.01. The molecule has 0 saturated carbocycles. The van der Waals surface area contributed by atoms with Crippen molar-refractivity contribution >= 4 is 6.03 Å². The Labute approximate surface area is 129 Å². The van der Waals surface area contributed by atoms with Crippen LogP contribution in [0, 0.1) is 5.82 Å². The van der Waals surface area contributed by atoms with E-state index in [4.69, 9.17) is 0 Å². The Balaban J connectivity index is 1.62. The highest BCUT2D eigenvalue weighted by atomic mass is 19.1. The fraction of sp³-hybridized carbons (Fsp3) is 0.235. The van der Waals surface area contributed by atoms with Crippen LogP contribution in [0.5, 0.6) is 5.75 Å². The minimum absolute atomic E-state index is 0.223. The van der Waals surface area contributed by atoms with Gasteiger partial charge in [0.15, 0.2) is 0 Å². The third-order valence-corrected chi connectivity index (χ3v) is 3.22. The second-order valence-electron chi connectivity index (χ2n) is 4.98. The second-order valence-corrected chi connectivity index (χ2v) is 4.98. The van der Waals surface area contributed by atoms with E-state index in [9.17, 15) is 14.3 Å². The molecule has 0 atom stereocenters. The van der Waals surface area contributed by atoms with Crippen molar-refractivity contribution in [2.45, 2.75) is 12.8 Å². The number of phenols is 1. The maximum absolute atomic E-state index is 12.7. The molecule has 4 nitrogen and oxygen atoms in total. The third kappa shape index (κ3) is 5.44. The minimum Gasteiger partial charge on any atom is -0.508 e. The van der Waals surface area contributed by atoms with Gasteiger partial charge in [-0.3, -0.25) is 0 Å². The van der Waals surface area contributed by atoms with Gasteiger partial charge < -0.3 is 15.7 Å². The molecule has 5 heteroatoms. The normalized spacial score (nSPS) is 10.2. The van der Waals surface area contributed by atoms with E-state index >= 15 is 0 Å². The van der Waals surface area contributed by atoms with Crippen LogP contribution in [0.2, 0.25) is 0 Å². The zero-order valence-corrected chi connectivity index (χ0v) is 12.2. The van der Waals surface area contributed by atoms with E-state index < -0.39 is 0 Å². The van der Waals surface area contributed by atoms with Crippen LogP contribution in [0.4, 0.5) is 9.18 Å². The molecular formula is C17H19FN2O2. The second kappa shape index (κ2) is 8.02. The molecule has 0 radical (unpaired) electrons. The van der Waals surface area contributed by atoms with E-state index in [1.165, 1.54) is 12.1 Å². The van der Waals surface area contributed by atoms with Gasteiger partial charge in [-0.1, -0.05) is 24.3 Å². The van der Waals surface area contributed by atoms with Gasteiger partial charge in [-0.15, -0.1) is 0 Å². The minimum atomic E-state index is -0.263. The summed E-state index contributed by atoms with van der Waals surface area (Å²) in [7, 11) is 0. The van der Waals surface area contributed by atoms with Crippen molar-refractivity contribution in [3.63, 3.8) is 0 Å². The molecule has 0 unspecified atom stereocenters. The van der Waals surface area contributed by atoms with Gasteiger partial charge in [0.05, 0.1) is 0 Å². The van der Waals surface area contributed by atoms with Crippen LogP contribution in [0.3, 0.4) is 0 Å². The fourth-order valence-corrected chi connectivity index (χ4v) is 2.07. The third-order valence-electron chi connectivity index (χ3n) is 3.22. The van der Waals surface area contributed by atoms with Crippen molar-refractivity contribution in [1.82, 2.24) is 10.6 Å². The van der Waals surface area contributed by atoms with Crippen LogP contribution in [0.1, 0.15) is 11.1 Å². The fourth-order valence-electron chi connectivity index (χ4n) is 2.07. The zero-order chi connectivity index (χ0) is 15.8. The molecule has 0 spiro atoms. The van der Waals surface area contributed by atoms with E-state index in [0.717, 1.165) is 11.1 Å². The summed E-state index contributed by atoms with van der Waals surface area (Å²) < 4.78 is 12.7. The zero-order valence-electron chi connectivity index (χ0n) is 12.2. The van der Waals surface area contributed by atoms with Gasteiger partial charge in [-0.2, -0.15) is 0 Å². The summed E-state index contributed by atoms with van der Waals surface area (Å²) >= 11 is 0. The molecule has 0 aliphatic carbocycles. The molecule has 0 saturated heterocycles. The molecule has 2 rings (SSSR count). The standard InChI is InChI=1S/C17H19FN2O2/c18-15-6-4-13(5-7-15)8-10-19-17(22)20-11-9-14-2-1-3-16(21)12-14/h1-7,12,21H,8-11H2,(H2,19,20,22). The number of aromatic hydroxyl groups is 1. The first-order valence-corrected chi connectivity index (χ1v) is 7.17. The lowest BCUT2D eigenvalue weighted by atomic mass is 10.1. The van der Waals surface area contributed by atoms with Crippen LogP contribution in [0.15, 0.2) is 48.5 Å². The molecule has 0 fully saturated rings. The van der Waals surface area contributed by atoms with Gasteiger partial charge in [0.2, 0.25) is 0 Å². The van der Waals surface area contributed by atoms with Crippen LogP contribution in [-0.4, -0.2) is 24.2 Å². The number of rotatable bonds is 6. The molecule has 0 heterocycles. The molecule has 116 valence electrons. The van der Waals surface area contributed by atoms with E-state index in [0.29, 0.717) is 25.9 Å². The number of amides is 2. The van der Waals surface area contributed by atoms with Gasteiger partial charge in [0, 0.05) is 13.1 Å². The summed E-state index contributed by atoms with van der Waals surface area (Å²) in [5.41, 5.74) is 1.94. The number of carbonyl (C=O) groups is 1. The van der Waals surface area contributed by atoms with E-state index in [1.807, 2.05) is 6.07 Å². The number of hydrogen-bond donors (Lipinski definition) is 3. The average molecular weight is 302 g/mol. The lowest BCUT2D eigenvalue weighted by molar-refractivity contribution is 0.241. The van der Waals surface area contributed by atoms with E-state index in [2.05, 4.69) is 10.6 Å². The Morgan fingerprint density at radius 3 is 2.23 bits per heavy atom. The van der Waals surface area contributed by atoms with Gasteiger partial charge >= 0.3 is 6.03 Å². The number of benzene rings is 2. The van der Waals surface area contributed by atoms with Crippen molar-refractivity contribution in [1.29, 1.82) is 0 Å². The molecule has 2 amide bonds. The highest BCUT2D eigenvalue weighted by molar-refractivity contribution is 5.73. The molecule has 22 heavy (non-hydrogen) atoms. The van der Waals surface area contributed by atoms with Gasteiger partial charge in [0.25, 0.3) is 0 Å². The number of nitrogens with one attached hydrogen (secondary N) is 2. The molecule has 2 aromatic carbocycles. The smallest absolute Gasteiger partial charge is 0.314 e. The van der Waals surface area contributed by atoms with Crippen LogP contribution in [0.25, 0.3) is 0 Å². The summed E-state index contributed by atoms with van der Waals surface area (Å²) in [5, 5.41) is 14.8. The van der Waals surface area contributed by atoms with Crippen molar-refractivity contribution in [3.8, 4) is 5.75 Å². The molecule has 2 aromatic rings. The Morgan fingerprint density at radius 1 is 0.955 bits per heavy atom. The maximum atomic E-state index is 12.7. The molecule has 3 N–H and O–H groups in total. The molecule has 0 aliphatic heterocycles. The van der Waals surface area contributed by atoms with Crippen molar-refractivity contribution in [2.24, 2.45) is 0 Å². The SMILES string of the molecule is O=C(NCCc1ccc(F)cc1)NCCc1cccc(O)c1. The molecule has 0 aromatic heterocycles. The van der Waals surface area contributed by atoms with Crippen LogP contribution >= 0.6 is 0 Å². The number of carbonyl (C=O) groups excluding carboxylic acids is 1. The first-order chi connectivity index (χ1) is 10.6. The van der Waals surface area contributed by atoms with Gasteiger partial charge in [0.1, 0.15) is 11.6 Å². The summed E-state index contributed by atoms with van der Waals surface area (Å²) in [4.78, 5) is 11.6. The van der Waals surface area contributed by atoms with Crippen molar-refractivity contribution in [3.05, 3.63) is 65.5 Å². The quantitative estimate of drug-likeness (QED) is 0.768. The average Bonchev–Trinajstić information content (AvgIpc) is 2.49. The van der Waals surface area contributed by atoms with Crippen LogP contribution < -0.4 is 10.6 Å². The Bertz CT molecular complexity index is 614. The number of halogens is 1. The van der Waals surface area contributed by atoms with E-state index in [-0.39, 0.29) is 17.6 Å². The van der Waals surface area contributed by atoms with Gasteiger partial charge in [-0.25, -0.2) is 9.18 Å². The van der Waals surface area contributed by atoms with Crippen molar-refractivity contribution < 1.29 is 14.3 Å². The first-order valence-electron chi connectivity index (χ1n) is 7.17. The molecule has 0 bridgehead atoms. The predicted molar refractivity (Wildman–Crippen MR) is 83.3 cm³/mol. The Kier molecular flexibility index (Phi) is 5.77. The summed E-state index contributed by atoms with van der Waals surface area (Å²) in [5.74, 6) is -0.0392.